The molecule has 7 heteroatoms. The van der Waals surface area contributed by atoms with E-state index in [2.05, 4.69) is 24.3 Å². The molecule has 0 saturated heterocycles. The Kier molecular flexibility index (Phi) is 3.76. The Balaban J connectivity index is 0.000000209. The van der Waals surface area contributed by atoms with Gasteiger partial charge in [0.2, 0.25) is 0 Å². The second-order valence-electron chi connectivity index (χ2n) is 3.31. The number of rotatable bonds is 0. The molecule has 0 N–H and O–H groups in total. The van der Waals surface area contributed by atoms with E-state index in [1.54, 1.807) is 23.9 Å². The molecule has 2 heterocycles. The SMILES string of the molecule is [O-][Cl+3]([O-])([O-])[O-].c1ccc2c(c1)sc1c[o+]ccc12. The monoisotopic (exact) mass is 286 g/mol. The molecule has 3 aromatic rings. The van der Waals surface area contributed by atoms with Crippen LogP contribution in [0.15, 0.2) is 47.3 Å². The van der Waals surface area contributed by atoms with Crippen molar-refractivity contribution in [3.8, 4) is 0 Å². The summed E-state index contributed by atoms with van der Waals surface area (Å²) in [6.07, 6.45) is 3.53. The Morgan fingerprint density at radius 2 is 1.50 bits per heavy atom. The predicted molar refractivity (Wildman–Crippen MR) is 56.0 cm³/mol. The van der Waals surface area contributed by atoms with Gasteiger partial charge in [-0.1, -0.05) is 18.2 Å². The van der Waals surface area contributed by atoms with E-state index in [9.17, 15) is 0 Å². The number of hydrogen-bond donors (Lipinski definition) is 0. The summed E-state index contributed by atoms with van der Waals surface area (Å²) in [5.74, 6) is 0. The van der Waals surface area contributed by atoms with Crippen molar-refractivity contribution in [2.45, 2.75) is 0 Å². The van der Waals surface area contributed by atoms with Gasteiger partial charge >= 0.3 is 12.5 Å². The predicted octanol–water partition coefficient (Wildman–Crippen LogP) is -0.827. The van der Waals surface area contributed by atoms with Gasteiger partial charge in [-0.25, -0.2) is 23.1 Å². The molecule has 0 aliphatic carbocycles. The summed E-state index contributed by atoms with van der Waals surface area (Å²) < 4.78 is 41.6. The van der Waals surface area contributed by atoms with Crippen LogP contribution in [-0.2, 0) is 0 Å². The normalized spacial score (nSPS) is 11.3. The number of benzene rings is 1. The standard InChI is InChI=1S/C11H7OS.ClHO4/c1-2-4-10-8(3-1)9-5-6-12-7-11(9)13-10;2-1(3,4)5/h1-7H;(H,2,3,4,5)/q+1;/p-1. The maximum absolute atomic E-state index is 8.49. The van der Waals surface area contributed by atoms with E-state index >= 15 is 0 Å². The van der Waals surface area contributed by atoms with Crippen LogP contribution in [0.4, 0.5) is 0 Å². The molecule has 0 radical (unpaired) electrons. The molecule has 0 bridgehead atoms. The molecule has 1 aromatic carbocycles. The molecular weight excluding hydrogens is 280 g/mol. The van der Waals surface area contributed by atoms with Crippen LogP contribution in [-0.4, -0.2) is 0 Å². The molecule has 0 spiro atoms. The number of thiophene rings is 1. The summed E-state index contributed by atoms with van der Waals surface area (Å²) in [7, 11) is -4.94. The molecule has 3 rings (SSSR count). The van der Waals surface area contributed by atoms with Crippen molar-refractivity contribution in [1.82, 2.24) is 0 Å². The van der Waals surface area contributed by atoms with Gasteiger partial charge in [-0.3, -0.25) is 0 Å². The quantitative estimate of drug-likeness (QED) is 0.502. The summed E-state index contributed by atoms with van der Waals surface area (Å²) in [5, 5.41) is 2.60. The molecule has 5 nitrogen and oxygen atoms in total. The van der Waals surface area contributed by atoms with Crippen molar-refractivity contribution in [1.29, 1.82) is 0 Å². The van der Waals surface area contributed by atoms with Crippen LogP contribution in [0.25, 0.3) is 20.2 Å². The first kappa shape index (κ1) is 13.2. The third-order valence-corrected chi connectivity index (χ3v) is 3.26. The van der Waals surface area contributed by atoms with Crippen LogP contribution in [0.3, 0.4) is 0 Å². The third kappa shape index (κ3) is 3.36. The molecule has 94 valence electrons. The Bertz CT molecular complexity index is 605. The highest BCUT2D eigenvalue weighted by Gasteiger charge is 2.06. The van der Waals surface area contributed by atoms with Crippen LogP contribution >= 0.6 is 11.3 Å². The molecule has 0 amide bonds. The zero-order valence-electron chi connectivity index (χ0n) is 8.87. The maximum Gasteiger partial charge on any atom is 0.335 e. The van der Waals surface area contributed by atoms with Crippen LogP contribution < -0.4 is 18.6 Å². The van der Waals surface area contributed by atoms with Crippen LogP contribution in [0.2, 0.25) is 0 Å². The zero-order chi connectivity index (χ0) is 13.2. The Hall–Kier alpha value is -1.28. The second-order valence-corrected chi connectivity index (χ2v) is 5.15. The fourth-order valence-corrected chi connectivity index (χ4v) is 2.62. The van der Waals surface area contributed by atoms with E-state index in [-0.39, 0.29) is 0 Å². The maximum atomic E-state index is 8.49. The van der Waals surface area contributed by atoms with Gasteiger partial charge in [-0.15, -0.1) is 21.6 Å². The lowest BCUT2D eigenvalue weighted by atomic mass is 10.2. The van der Waals surface area contributed by atoms with E-state index < -0.39 is 10.2 Å². The number of hydrogen-bond acceptors (Lipinski definition) is 5. The summed E-state index contributed by atoms with van der Waals surface area (Å²) in [4.78, 5) is 0. The molecule has 0 saturated carbocycles. The fourth-order valence-electron chi connectivity index (χ4n) is 1.55. The largest absolute Gasteiger partial charge is 0.335 e. The van der Waals surface area contributed by atoms with E-state index in [0.29, 0.717) is 0 Å². The van der Waals surface area contributed by atoms with Gasteiger partial charge < -0.3 is 0 Å². The van der Waals surface area contributed by atoms with Crippen molar-refractivity contribution < 1.29 is 33.3 Å². The highest BCUT2D eigenvalue weighted by atomic mass is 35.7. The minimum Gasteiger partial charge on any atom is -0.223 e. The van der Waals surface area contributed by atoms with Gasteiger partial charge in [0.25, 0.3) is 0 Å². The van der Waals surface area contributed by atoms with Crippen molar-refractivity contribution >= 4 is 31.5 Å². The molecule has 18 heavy (non-hydrogen) atoms. The number of fused-ring (bicyclic) bond motifs is 3. The number of halogens is 1. The lowest BCUT2D eigenvalue weighted by Crippen LogP contribution is -2.68. The van der Waals surface area contributed by atoms with Gasteiger partial charge in [0.15, 0.2) is 0 Å². The van der Waals surface area contributed by atoms with E-state index in [1.165, 1.54) is 20.2 Å². The van der Waals surface area contributed by atoms with Crippen molar-refractivity contribution in [3.05, 3.63) is 42.9 Å². The first-order valence-electron chi connectivity index (χ1n) is 4.73. The fraction of sp³-hybridized carbons (Fsp3) is 0. The summed E-state index contributed by atoms with van der Waals surface area (Å²) in [5.41, 5.74) is 0. The lowest BCUT2D eigenvalue weighted by Gasteiger charge is -2.17. The second kappa shape index (κ2) is 5.15. The molecule has 2 aromatic heterocycles. The third-order valence-electron chi connectivity index (χ3n) is 2.15. The average molecular weight is 287 g/mol. The summed E-state index contributed by atoms with van der Waals surface area (Å²) in [6, 6.07) is 10.4. The zero-order valence-corrected chi connectivity index (χ0v) is 10.4. The van der Waals surface area contributed by atoms with Gasteiger partial charge in [-0.2, -0.15) is 0 Å². The molecular formula is C11H7ClO5S. The highest BCUT2D eigenvalue weighted by molar-refractivity contribution is 7.25. The van der Waals surface area contributed by atoms with E-state index in [0.717, 1.165) is 0 Å². The Morgan fingerprint density at radius 3 is 2.22 bits per heavy atom. The Labute approximate surface area is 108 Å². The molecule has 0 aliphatic heterocycles. The van der Waals surface area contributed by atoms with Crippen LogP contribution in [0, 0.1) is 10.2 Å². The lowest BCUT2D eigenvalue weighted by molar-refractivity contribution is -2.00. The molecule has 0 fully saturated rings. The smallest absolute Gasteiger partial charge is 0.223 e. The topological polar surface area (TPSA) is 104 Å². The van der Waals surface area contributed by atoms with Gasteiger partial charge in [-0.05, 0) is 6.07 Å². The van der Waals surface area contributed by atoms with Crippen molar-refractivity contribution in [3.63, 3.8) is 0 Å². The van der Waals surface area contributed by atoms with Gasteiger partial charge in [0, 0.05) is 21.5 Å². The minimum atomic E-state index is -4.94. The van der Waals surface area contributed by atoms with Crippen molar-refractivity contribution in [2.24, 2.45) is 0 Å². The molecule has 0 aliphatic rings. The van der Waals surface area contributed by atoms with E-state index in [4.69, 9.17) is 23.1 Å². The first-order chi connectivity index (χ1) is 8.45. The van der Waals surface area contributed by atoms with Gasteiger partial charge in [0.05, 0.1) is 0 Å². The first-order valence-corrected chi connectivity index (χ1v) is 6.79. The summed E-state index contributed by atoms with van der Waals surface area (Å²) in [6.45, 7) is 0. The van der Waals surface area contributed by atoms with Crippen molar-refractivity contribution in [2.75, 3.05) is 0 Å². The minimum absolute atomic E-state index is 1.21. The van der Waals surface area contributed by atoms with Crippen LogP contribution in [0.5, 0.6) is 0 Å². The van der Waals surface area contributed by atoms with Gasteiger partial charge in [0.1, 0.15) is 4.70 Å². The van der Waals surface area contributed by atoms with Crippen LogP contribution in [0.1, 0.15) is 0 Å². The summed E-state index contributed by atoms with van der Waals surface area (Å²) >= 11 is 1.77. The Morgan fingerprint density at radius 1 is 0.889 bits per heavy atom. The molecule has 0 unspecified atom stereocenters. The van der Waals surface area contributed by atoms with E-state index in [1.807, 2.05) is 6.07 Å². The molecule has 0 atom stereocenters. The highest BCUT2D eigenvalue weighted by Crippen LogP contribution is 2.32. The average Bonchev–Trinajstić information content (AvgIpc) is 2.65.